The molecule has 1 saturated carbocycles. The monoisotopic (exact) mass is 242 g/mol. The van der Waals surface area contributed by atoms with Crippen LogP contribution in [0.2, 0.25) is 0 Å². The van der Waals surface area contributed by atoms with Crippen molar-refractivity contribution in [3.8, 4) is 0 Å². The zero-order valence-electron chi connectivity index (χ0n) is 10.7. The highest BCUT2D eigenvalue weighted by atomic mass is 16.4. The van der Waals surface area contributed by atoms with E-state index < -0.39 is 23.0 Å². The van der Waals surface area contributed by atoms with Crippen molar-refractivity contribution in [1.82, 2.24) is 5.32 Å². The van der Waals surface area contributed by atoms with Gasteiger partial charge in [0.25, 0.3) is 0 Å². The Morgan fingerprint density at radius 1 is 1.35 bits per heavy atom. The van der Waals surface area contributed by atoms with Gasteiger partial charge in [0, 0.05) is 0 Å². The maximum absolute atomic E-state index is 11.8. The van der Waals surface area contributed by atoms with Crippen molar-refractivity contribution in [2.75, 3.05) is 0 Å². The van der Waals surface area contributed by atoms with Crippen LogP contribution in [-0.2, 0) is 9.59 Å². The summed E-state index contributed by atoms with van der Waals surface area (Å²) in [6.45, 7) is 5.24. The van der Waals surface area contributed by atoms with Crippen molar-refractivity contribution >= 4 is 11.9 Å². The minimum absolute atomic E-state index is 0.408. The van der Waals surface area contributed by atoms with Gasteiger partial charge in [-0.25, -0.2) is 4.79 Å². The molecule has 4 N–H and O–H groups in total. The maximum atomic E-state index is 11.8. The fourth-order valence-electron chi connectivity index (χ4n) is 2.03. The number of nitrogens with one attached hydrogen (secondary N) is 1. The Labute approximate surface area is 102 Å². The Morgan fingerprint density at radius 2 is 1.82 bits per heavy atom. The SMILES string of the molecule is CC1CCC(NC(=O)C(C)(C)N)(C(=O)O)CC1. The molecule has 0 aromatic carbocycles. The molecule has 5 nitrogen and oxygen atoms in total. The molecule has 0 heterocycles. The van der Waals surface area contributed by atoms with E-state index in [1.807, 2.05) is 0 Å². The van der Waals surface area contributed by atoms with E-state index in [0.717, 1.165) is 12.8 Å². The average molecular weight is 242 g/mol. The standard InChI is InChI=1S/C12H22N2O3/c1-8-4-6-12(7-5-8,10(16)17)14-9(15)11(2,3)13/h8H,4-7,13H2,1-3H3,(H,14,15)(H,16,17). The van der Waals surface area contributed by atoms with Crippen molar-refractivity contribution in [2.24, 2.45) is 11.7 Å². The van der Waals surface area contributed by atoms with Gasteiger partial charge in [-0.2, -0.15) is 0 Å². The predicted octanol–water partition coefficient (Wildman–Crippen LogP) is 0.873. The van der Waals surface area contributed by atoms with Gasteiger partial charge >= 0.3 is 5.97 Å². The van der Waals surface area contributed by atoms with Crippen LogP contribution in [0, 0.1) is 5.92 Å². The number of carboxylic acid groups (broad SMARTS) is 1. The van der Waals surface area contributed by atoms with Gasteiger partial charge in [-0.05, 0) is 45.4 Å². The zero-order valence-corrected chi connectivity index (χ0v) is 10.7. The van der Waals surface area contributed by atoms with Crippen LogP contribution < -0.4 is 11.1 Å². The molecule has 1 aliphatic carbocycles. The number of hydrogen-bond donors (Lipinski definition) is 3. The van der Waals surface area contributed by atoms with Crippen LogP contribution in [0.1, 0.15) is 46.5 Å². The van der Waals surface area contributed by atoms with E-state index in [2.05, 4.69) is 12.2 Å². The second kappa shape index (κ2) is 4.64. The second-order valence-electron chi connectivity index (χ2n) is 5.75. The molecule has 98 valence electrons. The summed E-state index contributed by atoms with van der Waals surface area (Å²) < 4.78 is 0. The molecule has 1 aliphatic rings. The molecule has 0 saturated heterocycles. The largest absolute Gasteiger partial charge is 0.480 e. The Bertz CT molecular complexity index is 312. The summed E-state index contributed by atoms with van der Waals surface area (Å²) in [5.41, 5.74) is 3.50. The first-order chi connectivity index (χ1) is 7.67. The first kappa shape index (κ1) is 14.0. The second-order valence-corrected chi connectivity index (χ2v) is 5.75. The van der Waals surface area contributed by atoms with Crippen LogP contribution in [-0.4, -0.2) is 28.1 Å². The number of rotatable bonds is 3. The summed E-state index contributed by atoms with van der Waals surface area (Å²) in [7, 11) is 0. The van der Waals surface area contributed by atoms with Crippen molar-refractivity contribution < 1.29 is 14.7 Å². The predicted molar refractivity (Wildman–Crippen MR) is 64.4 cm³/mol. The molecule has 0 unspecified atom stereocenters. The van der Waals surface area contributed by atoms with Gasteiger partial charge in [0.15, 0.2) is 0 Å². The minimum atomic E-state index is -1.12. The van der Waals surface area contributed by atoms with Gasteiger partial charge < -0.3 is 16.2 Å². The summed E-state index contributed by atoms with van der Waals surface area (Å²) in [5, 5.41) is 12.0. The van der Waals surface area contributed by atoms with Gasteiger partial charge in [-0.15, -0.1) is 0 Å². The van der Waals surface area contributed by atoms with Crippen LogP contribution >= 0.6 is 0 Å². The van der Waals surface area contributed by atoms with Crippen LogP contribution in [0.3, 0.4) is 0 Å². The molecule has 0 bridgehead atoms. The number of hydrogen-bond acceptors (Lipinski definition) is 3. The van der Waals surface area contributed by atoms with E-state index in [4.69, 9.17) is 5.73 Å². The minimum Gasteiger partial charge on any atom is -0.480 e. The first-order valence-electron chi connectivity index (χ1n) is 6.02. The van der Waals surface area contributed by atoms with Crippen molar-refractivity contribution in [3.05, 3.63) is 0 Å². The van der Waals surface area contributed by atoms with Crippen molar-refractivity contribution in [1.29, 1.82) is 0 Å². The summed E-state index contributed by atoms with van der Waals surface area (Å²) in [6, 6.07) is 0. The number of nitrogens with two attached hydrogens (primary N) is 1. The van der Waals surface area contributed by atoms with E-state index >= 15 is 0 Å². The molecule has 0 atom stereocenters. The Kier molecular flexibility index (Phi) is 3.81. The van der Waals surface area contributed by atoms with Gasteiger partial charge in [-0.1, -0.05) is 6.92 Å². The maximum Gasteiger partial charge on any atom is 0.329 e. The fraction of sp³-hybridized carbons (Fsp3) is 0.833. The molecule has 17 heavy (non-hydrogen) atoms. The lowest BCUT2D eigenvalue weighted by Gasteiger charge is -2.38. The van der Waals surface area contributed by atoms with E-state index in [9.17, 15) is 14.7 Å². The highest BCUT2D eigenvalue weighted by molar-refractivity contribution is 5.91. The Morgan fingerprint density at radius 3 is 2.18 bits per heavy atom. The smallest absolute Gasteiger partial charge is 0.329 e. The highest BCUT2D eigenvalue weighted by Crippen LogP contribution is 2.32. The molecular formula is C12H22N2O3. The fourth-order valence-corrected chi connectivity index (χ4v) is 2.03. The van der Waals surface area contributed by atoms with Crippen LogP contribution in [0.5, 0.6) is 0 Å². The molecule has 5 heteroatoms. The zero-order chi connectivity index (χ0) is 13.3. The third-order valence-corrected chi connectivity index (χ3v) is 3.48. The number of carboxylic acids is 1. The molecular weight excluding hydrogens is 220 g/mol. The summed E-state index contributed by atoms with van der Waals surface area (Å²) in [6.07, 6.45) is 2.59. The van der Waals surface area contributed by atoms with Gasteiger partial charge in [0.05, 0.1) is 5.54 Å². The number of amides is 1. The lowest BCUT2D eigenvalue weighted by atomic mass is 9.76. The van der Waals surface area contributed by atoms with Crippen LogP contribution in [0.4, 0.5) is 0 Å². The topological polar surface area (TPSA) is 92.4 Å². The lowest BCUT2D eigenvalue weighted by molar-refractivity contribution is -0.150. The van der Waals surface area contributed by atoms with Gasteiger partial charge in [0.1, 0.15) is 5.54 Å². The van der Waals surface area contributed by atoms with Crippen molar-refractivity contribution in [2.45, 2.75) is 57.5 Å². The summed E-state index contributed by atoms with van der Waals surface area (Å²) in [4.78, 5) is 23.2. The Hall–Kier alpha value is -1.10. The van der Waals surface area contributed by atoms with E-state index in [0.29, 0.717) is 18.8 Å². The summed E-state index contributed by atoms with van der Waals surface area (Å²) in [5.74, 6) is -0.846. The molecule has 1 amide bonds. The van der Waals surface area contributed by atoms with E-state index in [-0.39, 0.29) is 0 Å². The van der Waals surface area contributed by atoms with Crippen LogP contribution in [0.25, 0.3) is 0 Å². The molecule has 0 radical (unpaired) electrons. The van der Waals surface area contributed by atoms with E-state index in [1.165, 1.54) is 0 Å². The van der Waals surface area contributed by atoms with Gasteiger partial charge in [-0.3, -0.25) is 4.79 Å². The first-order valence-corrected chi connectivity index (χ1v) is 6.02. The summed E-state index contributed by atoms with van der Waals surface area (Å²) >= 11 is 0. The number of aliphatic carboxylic acids is 1. The van der Waals surface area contributed by atoms with Gasteiger partial charge in [0.2, 0.25) is 5.91 Å². The normalized spacial score (nSPS) is 29.8. The quantitative estimate of drug-likeness (QED) is 0.684. The number of carbonyl (C=O) groups excluding carboxylic acids is 1. The average Bonchev–Trinajstić information content (AvgIpc) is 2.20. The molecule has 0 spiro atoms. The van der Waals surface area contributed by atoms with Crippen LogP contribution in [0.15, 0.2) is 0 Å². The van der Waals surface area contributed by atoms with E-state index in [1.54, 1.807) is 13.8 Å². The van der Waals surface area contributed by atoms with Crippen molar-refractivity contribution in [3.63, 3.8) is 0 Å². The highest BCUT2D eigenvalue weighted by Gasteiger charge is 2.44. The Balaban J connectivity index is 2.81. The lowest BCUT2D eigenvalue weighted by Crippen LogP contribution is -2.62. The molecule has 1 rings (SSSR count). The molecule has 0 aliphatic heterocycles. The molecule has 0 aromatic rings. The third kappa shape index (κ3) is 3.19. The molecule has 1 fully saturated rings. The third-order valence-electron chi connectivity index (χ3n) is 3.48. The number of carbonyl (C=O) groups is 2. The molecule has 0 aromatic heterocycles.